The molecule has 3 atom stereocenters. The van der Waals surface area contributed by atoms with Crippen LogP contribution in [0.2, 0.25) is 0 Å². The molecule has 0 amide bonds. The summed E-state index contributed by atoms with van der Waals surface area (Å²) in [5.41, 5.74) is -2.79. The zero-order valence-electron chi connectivity index (χ0n) is 9.42. The molecule has 0 aromatic heterocycles. The molecule has 0 saturated carbocycles. The van der Waals surface area contributed by atoms with Gasteiger partial charge in [-0.25, -0.2) is 0 Å². The van der Waals surface area contributed by atoms with Gasteiger partial charge in [-0.05, 0) is 20.8 Å². The molecule has 0 unspecified atom stereocenters. The number of halogens is 2. The van der Waals surface area contributed by atoms with Gasteiger partial charge in [0.25, 0.3) is 0 Å². The van der Waals surface area contributed by atoms with Crippen LogP contribution in [0.5, 0.6) is 0 Å². The van der Waals surface area contributed by atoms with Crippen LogP contribution < -0.4 is 0 Å². The van der Waals surface area contributed by atoms with Crippen molar-refractivity contribution in [2.45, 2.75) is 49.8 Å². The number of fused-ring (bicyclic) bond motifs is 3. The van der Waals surface area contributed by atoms with Crippen molar-refractivity contribution in [1.29, 1.82) is 0 Å². The van der Waals surface area contributed by atoms with Crippen LogP contribution in [-0.4, -0.2) is 35.6 Å². The molecule has 0 aliphatic carbocycles. The third-order valence-electron chi connectivity index (χ3n) is 3.70. The van der Waals surface area contributed by atoms with E-state index in [1.165, 1.54) is 6.08 Å². The quantitative estimate of drug-likeness (QED) is 0.597. The highest BCUT2D eigenvalue weighted by molar-refractivity contribution is 5.34. The molecule has 3 nitrogen and oxygen atoms in total. The number of ether oxygens (including phenoxy) is 3. The summed E-state index contributed by atoms with van der Waals surface area (Å²) in [4.78, 5) is 0. The lowest BCUT2D eigenvalue weighted by Crippen LogP contribution is -2.61. The van der Waals surface area contributed by atoms with E-state index >= 15 is 0 Å². The Labute approximate surface area is 92.4 Å². The van der Waals surface area contributed by atoms with Crippen LogP contribution in [0.15, 0.2) is 12.2 Å². The summed E-state index contributed by atoms with van der Waals surface area (Å²) < 4.78 is 44.6. The van der Waals surface area contributed by atoms with Gasteiger partial charge in [-0.1, -0.05) is 12.2 Å². The molecule has 0 aromatic carbocycles. The molecule has 2 fully saturated rings. The highest BCUT2D eigenvalue weighted by atomic mass is 19.3. The Morgan fingerprint density at radius 2 is 1.94 bits per heavy atom. The second kappa shape index (κ2) is 2.49. The van der Waals surface area contributed by atoms with Crippen molar-refractivity contribution >= 4 is 0 Å². The van der Waals surface area contributed by atoms with Crippen molar-refractivity contribution in [3.63, 3.8) is 0 Å². The van der Waals surface area contributed by atoms with Gasteiger partial charge in [0.1, 0.15) is 11.7 Å². The van der Waals surface area contributed by atoms with Crippen LogP contribution in [0, 0.1) is 0 Å². The van der Waals surface area contributed by atoms with Crippen LogP contribution in [0.25, 0.3) is 0 Å². The fourth-order valence-electron chi connectivity index (χ4n) is 2.76. The molecule has 0 aromatic rings. The molecular weight excluding hydrogens is 218 g/mol. The van der Waals surface area contributed by atoms with E-state index in [4.69, 9.17) is 14.2 Å². The van der Waals surface area contributed by atoms with E-state index in [0.717, 1.165) is 0 Å². The van der Waals surface area contributed by atoms with Crippen LogP contribution in [0.1, 0.15) is 20.8 Å². The average Bonchev–Trinajstić information content (AvgIpc) is 2.71. The third kappa shape index (κ3) is 0.931. The summed E-state index contributed by atoms with van der Waals surface area (Å²) >= 11 is 0. The zero-order valence-corrected chi connectivity index (χ0v) is 9.42. The lowest BCUT2D eigenvalue weighted by molar-refractivity contribution is -0.232. The number of hydrogen-bond acceptors (Lipinski definition) is 3. The van der Waals surface area contributed by atoms with E-state index in [-0.39, 0.29) is 6.61 Å². The molecule has 0 radical (unpaired) electrons. The largest absolute Gasteiger partial charge is 0.354 e. The van der Waals surface area contributed by atoms with E-state index in [1.54, 1.807) is 26.8 Å². The van der Waals surface area contributed by atoms with Crippen LogP contribution in [-0.2, 0) is 14.2 Å². The van der Waals surface area contributed by atoms with Gasteiger partial charge in [0, 0.05) is 0 Å². The predicted octanol–water partition coefficient (Wildman–Crippen LogP) is 1.87. The van der Waals surface area contributed by atoms with Gasteiger partial charge in [0.15, 0.2) is 11.4 Å². The molecule has 90 valence electrons. The second-order valence-electron chi connectivity index (χ2n) is 5.25. The summed E-state index contributed by atoms with van der Waals surface area (Å²) in [6.45, 7) is 4.74. The maximum atomic E-state index is 14.2. The van der Waals surface area contributed by atoms with Gasteiger partial charge in [-0.15, -0.1) is 0 Å². The summed E-state index contributed by atoms with van der Waals surface area (Å²) in [6, 6.07) is 0. The molecule has 16 heavy (non-hydrogen) atoms. The van der Waals surface area contributed by atoms with Crippen LogP contribution >= 0.6 is 0 Å². The Bertz CT molecular complexity index is 379. The first-order valence-corrected chi connectivity index (χ1v) is 5.32. The first-order valence-electron chi connectivity index (χ1n) is 5.32. The minimum absolute atomic E-state index is 0.148. The Morgan fingerprint density at radius 1 is 1.25 bits per heavy atom. The standard InChI is InChI=1S/C11H14F2O3/c1-8(2)14-6-10(16-8)9(3)5-4-7(15-9)11(10,12)13/h4-5,7H,6H2,1-3H3/t7-,9+,10+/m1/s1. The zero-order chi connectivity index (χ0) is 11.8. The molecule has 2 bridgehead atoms. The molecule has 3 aliphatic rings. The lowest BCUT2D eigenvalue weighted by Gasteiger charge is -2.39. The molecule has 2 saturated heterocycles. The third-order valence-corrected chi connectivity index (χ3v) is 3.70. The normalized spacial score (nSPS) is 51.7. The highest BCUT2D eigenvalue weighted by Crippen LogP contribution is 2.60. The summed E-state index contributed by atoms with van der Waals surface area (Å²) in [7, 11) is 0. The monoisotopic (exact) mass is 232 g/mol. The van der Waals surface area contributed by atoms with Gasteiger partial charge in [-0.2, -0.15) is 8.78 Å². The fourth-order valence-corrected chi connectivity index (χ4v) is 2.76. The molecular formula is C11H14F2O3. The van der Waals surface area contributed by atoms with Gasteiger partial charge in [0.2, 0.25) is 0 Å². The maximum absolute atomic E-state index is 14.2. The minimum atomic E-state index is -3.05. The number of alkyl halides is 2. The van der Waals surface area contributed by atoms with Crippen molar-refractivity contribution in [3.05, 3.63) is 12.2 Å². The van der Waals surface area contributed by atoms with Crippen LogP contribution in [0.3, 0.4) is 0 Å². The minimum Gasteiger partial charge on any atom is -0.354 e. The van der Waals surface area contributed by atoms with Crippen molar-refractivity contribution in [2.75, 3.05) is 6.61 Å². The van der Waals surface area contributed by atoms with Gasteiger partial charge < -0.3 is 14.2 Å². The van der Waals surface area contributed by atoms with Crippen molar-refractivity contribution < 1.29 is 23.0 Å². The molecule has 0 N–H and O–H groups in total. The molecule has 3 rings (SSSR count). The van der Waals surface area contributed by atoms with E-state index in [1.807, 2.05) is 0 Å². The molecule has 3 aliphatic heterocycles. The molecule has 5 heteroatoms. The van der Waals surface area contributed by atoms with E-state index in [2.05, 4.69) is 0 Å². The highest BCUT2D eigenvalue weighted by Gasteiger charge is 2.79. The Kier molecular flexibility index (Phi) is 1.66. The Hall–Kier alpha value is -0.520. The van der Waals surface area contributed by atoms with Crippen molar-refractivity contribution in [3.8, 4) is 0 Å². The average molecular weight is 232 g/mol. The summed E-state index contributed by atoms with van der Waals surface area (Å²) in [5, 5.41) is 0. The van der Waals surface area contributed by atoms with Crippen LogP contribution in [0.4, 0.5) is 8.78 Å². The maximum Gasteiger partial charge on any atom is 0.311 e. The van der Waals surface area contributed by atoms with Gasteiger partial charge in [-0.3, -0.25) is 0 Å². The number of rotatable bonds is 0. The predicted molar refractivity (Wildman–Crippen MR) is 51.2 cm³/mol. The van der Waals surface area contributed by atoms with Gasteiger partial charge >= 0.3 is 5.92 Å². The first-order chi connectivity index (χ1) is 7.23. The summed E-state index contributed by atoms with van der Waals surface area (Å²) in [5.74, 6) is -4.04. The van der Waals surface area contributed by atoms with E-state index in [9.17, 15) is 8.78 Å². The van der Waals surface area contributed by atoms with Crippen molar-refractivity contribution in [1.82, 2.24) is 0 Å². The van der Waals surface area contributed by atoms with E-state index < -0.39 is 29.0 Å². The lowest BCUT2D eigenvalue weighted by atomic mass is 9.77. The van der Waals surface area contributed by atoms with E-state index in [0.29, 0.717) is 0 Å². The Balaban J connectivity index is 2.11. The fraction of sp³-hybridized carbons (Fsp3) is 0.818. The van der Waals surface area contributed by atoms with Gasteiger partial charge in [0.05, 0.1) is 6.61 Å². The summed E-state index contributed by atoms with van der Waals surface area (Å²) in [6.07, 6.45) is 1.86. The SMILES string of the molecule is CC1(C)OC[C@@]2(O1)C(F)(F)[C@H]1C=C[C@]2(C)O1. The van der Waals surface area contributed by atoms with Crippen molar-refractivity contribution in [2.24, 2.45) is 0 Å². The number of hydrogen-bond donors (Lipinski definition) is 0. The Morgan fingerprint density at radius 3 is 2.38 bits per heavy atom. The topological polar surface area (TPSA) is 27.7 Å². The smallest absolute Gasteiger partial charge is 0.311 e. The second-order valence-corrected chi connectivity index (χ2v) is 5.25. The molecule has 3 heterocycles. The molecule has 1 spiro atoms. The first kappa shape index (κ1) is 10.6.